The van der Waals surface area contributed by atoms with E-state index in [1.54, 1.807) is 6.92 Å². The molecular formula is C7H14O4. The van der Waals surface area contributed by atoms with Crippen molar-refractivity contribution in [2.24, 2.45) is 0 Å². The summed E-state index contributed by atoms with van der Waals surface area (Å²) in [7, 11) is 0. The molecule has 0 fully saturated rings. The lowest BCUT2D eigenvalue weighted by molar-refractivity contribution is -0.116. The van der Waals surface area contributed by atoms with Gasteiger partial charge in [-0.1, -0.05) is 13.3 Å². The summed E-state index contributed by atoms with van der Waals surface area (Å²) < 4.78 is 9.42. The van der Waals surface area contributed by atoms with Crippen LogP contribution in [0.3, 0.4) is 0 Å². The molecular weight excluding hydrogens is 148 g/mol. The van der Waals surface area contributed by atoms with Crippen LogP contribution in [-0.2, 0) is 9.47 Å². The van der Waals surface area contributed by atoms with Crippen molar-refractivity contribution < 1.29 is 19.4 Å². The van der Waals surface area contributed by atoms with Crippen molar-refractivity contribution in [1.82, 2.24) is 0 Å². The zero-order valence-electron chi connectivity index (χ0n) is 6.87. The molecule has 1 atom stereocenters. The summed E-state index contributed by atoms with van der Waals surface area (Å²) in [5.74, 6) is 0. The van der Waals surface area contributed by atoms with Gasteiger partial charge in [0.1, 0.15) is 0 Å². The van der Waals surface area contributed by atoms with Crippen LogP contribution in [0.2, 0.25) is 0 Å². The molecule has 0 radical (unpaired) electrons. The molecule has 0 aromatic carbocycles. The Morgan fingerprint density at radius 2 is 2.18 bits per heavy atom. The molecule has 0 aromatic rings. The van der Waals surface area contributed by atoms with Crippen molar-refractivity contribution in [3.63, 3.8) is 0 Å². The Kier molecular flexibility index (Phi) is 5.56. The molecule has 0 saturated carbocycles. The fourth-order valence-corrected chi connectivity index (χ4v) is 0.710. The van der Waals surface area contributed by atoms with Crippen LogP contribution in [0.25, 0.3) is 0 Å². The molecule has 11 heavy (non-hydrogen) atoms. The lowest BCUT2D eigenvalue weighted by atomic mass is 10.3. The third-order valence-corrected chi connectivity index (χ3v) is 1.11. The Labute approximate surface area is 66.1 Å². The summed E-state index contributed by atoms with van der Waals surface area (Å²) in [6.07, 6.45) is -0.419. The molecule has 0 rings (SSSR count). The minimum Gasteiger partial charge on any atom is -0.450 e. The second-order valence-electron chi connectivity index (χ2n) is 2.06. The minimum atomic E-state index is -1.28. The third kappa shape index (κ3) is 5.66. The van der Waals surface area contributed by atoms with E-state index in [1.807, 2.05) is 6.92 Å². The Balaban J connectivity index is 3.59. The first kappa shape index (κ1) is 10.2. The summed E-state index contributed by atoms with van der Waals surface area (Å²) in [5.41, 5.74) is 0. The van der Waals surface area contributed by atoms with Gasteiger partial charge in [-0.3, -0.25) is 0 Å². The van der Waals surface area contributed by atoms with Crippen LogP contribution in [0.4, 0.5) is 4.79 Å². The van der Waals surface area contributed by atoms with Gasteiger partial charge in [0.15, 0.2) is 0 Å². The fourth-order valence-electron chi connectivity index (χ4n) is 0.710. The molecule has 1 unspecified atom stereocenters. The number of carbonyl (C=O) groups is 1. The summed E-state index contributed by atoms with van der Waals surface area (Å²) in [6, 6.07) is 0. The summed E-state index contributed by atoms with van der Waals surface area (Å²) in [6.45, 7) is 4.21. The lowest BCUT2D eigenvalue weighted by Crippen LogP contribution is -2.20. The van der Waals surface area contributed by atoms with Crippen molar-refractivity contribution in [3.05, 3.63) is 0 Å². The maximum atomic E-state index is 10.1. The number of hydrogen-bond donors (Lipinski definition) is 1. The molecule has 0 aliphatic rings. The predicted octanol–water partition coefficient (Wildman–Crippen LogP) is 1.84. The SMILES string of the molecule is CCCC(OCC)OC(=O)O. The number of ether oxygens (including phenoxy) is 2. The van der Waals surface area contributed by atoms with E-state index in [-0.39, 0.29) is 0 Å². The van der Waals surface area contributed by atoms with Crippen LogP contribution < -0.4 is 0 Å². The predicted molar refractivity (Wildman–Crippen MR) is 39.4 cm³/mol. The normalized spacial score (nSPS) is 12.5. The van der Waals surface area contributed by atoms with Gasteiger partial charge in [0.25, 0.3) is 0 Å². The second kappa shape index (κ2) is 5.97. The van der Waals surface area contributed by atoms with Gasteiger partial charge in [0.05, 0.1) is 0 Å². The van der Waals surface area contributed by atoms with E-state index in [9.17, 15) is 4.79 Å². The Hall–Kier alpha value is -0.770. The molecule has 1 N–H and O–H groups in total. The van der Waals surface area contributed by atoms with Gasteiger partial charge >= 0.3 is 6.16 Å². The molecule has 0 heterocycles. The largest absolute Gasteiger partial charge is 0.508 e. The number of carboxylic acid groups (broad SMARTS) is 1. The van der Waals surface area contributed by atoms with E-state index in [1.165, 1.54) is 0 Å². The van der Waals surface area contributed by atoms with Crippen LogP contribution in [0.1, 0.15) is 26.7 Å². The van der Waals surface area contributed by atoms with Crippen LogP contribution in [0.5, 0.6) is 0 Å². The van der Waals surface area contributed by atoms with Crippen LogP contribution in [0.15, 0.2) is 0 Å². The van der Waals surface area contributed by atoms with E-state index < -0.39 is 12.4 Å². The molecule has 0 amide bonds. The monoisotopic (exact) mass is 162 g/mol. The van der Waals surface area contributed by atoms with Gasteiger partial charge in [-0.15, -0.1) is 0 Å². The number of rotatable bonds is 5. The first-order valence-corrected chi connectivity index (χ1v) is 3.71. The van der Waals surface area contributed by atoms with Crippen LogP contribution in [0, 0.1) is 0 Å². The lowest BCUT2D eigenvalue weighted by Gasteiger charge is -2.13. The molecule has 4 heteroatoms. The zero-order valence-corrected chi connectivity index (χ0v) is 6.87. The van der Waals surface area contributed by atoms with Crippen molar-refractivity contribution in [2.45, 2.75) is 33.0 Å². The Morgan fingerprint density at radius 1 is 1.55 bits per heavy atom. The summed E-state index contributed by atoms with van der Waals surface area (Å²) in [4.78, 5) is 10.1. The van der Waals surface area contributed by atoms with E-state index in [4.69, 9.17) is 9.84 Å². The first-order valence-electron chi connectivity index (χ1n) is 3.71. The van der Waals surface area contributed by atoms with Gasteiger partial charge < -0.3 is 14.6 Å². The van der Waals surface area contributed by atoms with Crippen LogP contribution >= 0.6 is 0 Å². The zero-order chi connectivity index (χ0) is 8.69. The second-order valence-corrected chi connectivity index (χ2v) is 2.06. The van der Waals surface area contributed by atoms with Gasteiger partial charge in [-0.25, -0.2) is 4.79 Å². The molecule has 4 nitrogen and oxygen atoms in total. The minimum absolute atomic E-state index is 0.470. The third-order valence-electron chi connectivity index (χ3n) is 1.11. The van der Waals surface area contributed by atoms with Gasteiger partial charge in [-0.05, 0) is 6.92 Å². The van der Waals surface area contributed by atoms with Crippen molar-refractivity contribution >= 4 is 6.16 Å². The maximum absolute atomic E-state index is 10.1. The van der Waals surface area contributed by atoms with Crippen molar-refractivity contribution in [3.8, 4) is 0 Å². The fraction of sp³-hybridized carbons (Fsp3) is 0.857. The Bertz CT molecular complexity index is 107. The highest BCUT2D eigenvalue weighted by Crippen LogP contribution is 2.03. The van der Waals surface area contributed by atoms with E-state index in [0.717, 1.165) is 6.42 Å². The molecule has 0 saturated heterocycles. The summed E-state index contributed by atoms with van der Waals surface area (Å²) in [5, 5.41) is 8.23. The highest BCUT2D eigenvalue weighted by Gasteiger charge is 2.10. The van der Waals surface area contributed by atoms with Crippen molar-refractivity contribution in [2.75, 3.05) is 6.61 Å². The van der Waals surface area contributed by atoms with Crippen LogP contribution in [-0.4, -0.2) is 24.2 Å². The molecule has 0 spiro atoms. The average molecular weight is 162 g/mol. The summed E-state index contributed by atoms with van der Waals surface area (Å²) >= 11 is 0. The molecule has 0 bridgehead atoms. The van der Waals surface area contributed by atoms with E-state index >= 15 is 0 Å². The average Bonchev–Trinajstić information content (AvgIpc) is 1.87. The number of hydrogen-bond acceptors (Lipinski definition) is 3. The standard InChI is InChI=1S/C7H14O4/c1-3-5-6(10-4-2)11-7(8)9/h6H,3-5H2,1-2H3,(H,8,9). The molecule has 0 aliphatic carbocycles. The van der Waals surface area contributed by atoms with E-state index in [0.29, 0.717) is 13.0 Å². The van der Waals surface area contributed by atoms with Crippen molar-refractivity contribution in [1.29, 1.82) is 0 Å². The van der Waals surface area contributed by atoms with Gasteiger partial charge in [0, 0.05) is 13.0 Å². The van der Waals surface area contributed by atoms with Gasteiger partial charge in [0.2, 0.25) is 6.29 Å². The molecule has 0 aliphatic heterocycles. The van der Waals surface area contributed by atoms with E-state index in [2.05, 4.69) is 4.74 Å². The molecule has 66 valence electrons. The Morgan fingerprint density at radius 3 is 2.55 bits per heavy atom. The highest BCUT2D eigenvalue weighted by molar-refractivity contribution is 5.56. The quantitative estimate of drug-likeness (QED) is 0.495. The maximum Gasteiger partial charge on any atom is 0.508 e. The smallest absolute Gasteiger partial charge is 0.450 e. The van der Waals surface area contributed by atoms with Gasteiger partial charge in [-0.2, -0.15) is 0 Å². The highest BCUT2D eigenvalue weighted by atomic mass is 16.8. The molecule has 0 aromatic heterocycles. The topological polar surface area (TPSA) is 55.8 Å². The first-order chi connectivity index (χ1) is 5.20.